The van der Waals surface area contributed by atoms with E-state index in [2.05, 4.69) is 167 Å². The molecule has 4 saturated carbocycles. The Bertz CT molecular complexity index is 3630. The van der Waals surface area contributed by atoms with Crippen molar-refractivity contribution in [3.63, 3.8) is 0 Å². The molecule has 0 bridgehead atoms. The standard InChI is InChI=1S/C72H70N2/c1-5-17-47(18-6-1)51-25-13-29-55(41-51)57-33-37-65-63(45-57)69-61(59-31-15-27-53(43-59)49-21-9-3-10-22-49)35-39-67-71(69)73(65)68-40-36-62(60-32-16-28-54(44-60)50-23-11-4-12-24-50)70-64-46-58(34-38-66(64)74(67)72(68)70)56-30-14-26-52(42-56)48-19-7-2-8-20-48/h13-16,25-50H,1-12,17-24H2. The predicted octanol–water partition coefficient (Wildman–Crippen LogP) is 21.1. The zero-order valence-corrected chi connectivity index (χ0v) is 43.4. The van der Waals surface area contributed by atoms with Gasteiger partial charge < -0.3 is 8.80 Å². The van der Waals surface area contributed by atoms with Gasteiger partial charge in [-0.25, -0.2) is 0 Å². The number of benzene rings is 8. The second-order valence-electron chi connectivity index (χ2n) is 23.7. The summed E-state index contributed by atoms with van der Waals surface area (Å²) in [6.45, 7) is 0. The zero-order chi connectivity index (χ0) is 48.7. The fourth-order valence-corrected chi connectivity index (χ4v) is 15.6. The Morgan fingerprint density at radius 2 is 0.554 bits per heavy atom. The lowest BCUT2D eigenvalue weighted by molar-refractivity contribution is 0.444. The Kier molecular flexibility index (Phi) is 11.3. The van der Waals surface area contributed by atoms with Gasteiger partial charge in [-0.15, -0.1) is 0 Å². The van der Waals surface area contributed by atoms with Crippen LogP contribution >= 0.6 is 0 Å². The third-order valence-corrected chi connectivity index (χ3v) is 19.4. The number of fused-ring (bicyclic) bond motifs is 8. The molecule has 4 fully saturated rings. The van der Waals surface area contributed by atoms with Crippen LogP contribution in [-0.2, 0) is 0 Å². The molecule has 0 spiro atoms. The second-order valence-corrected chi connectivity index (χ2v) is 23.7. The number of rotatable bonds is 8. The normalized spacial score (nSPS) is 18.1. The van der Waals surface area contributed by atoms with Gasteiger partial charge in [0, 0.05) is 21.5 Å². The van der Waals surface area contributed by atoms with Crippen molar-refractivity contribution in [1.82, 2.24) is 8.80 Å². The molecule has 2 nitrogen and oxygen atoms in total. The maximum Gasteiger partial charge on any atom is 0.0789 e. The third-order valence-electron chi connectivity index (χ3n) is 19.4. The monoisotopic (exact) mass is 963 g/mol. The molecule has 74 heavy (non-hydrogen) atoms. The lowest BCUT2D eigenvalue weighted by Gasteiger charge is -2.22. The molecule has 0 atom stereocenters. The molecule has 0 N–H and O–H groups in total. The Morgan fingerprint density at radius 3 is 0.905 bits per heavy atom. The fraction of sp³-hybridized carbons (Fsp3) is 0.333. The first-order chi connectivity index (χ1) is 36.7. The first kappa shape index (κ1) is 44.8. The molecule has 15 rings (SSSR count). The van der Waals surface area contributed by atoms with Crippen LogP contribution in [0.1, 0.15) is 174 Å². The van der Waals surface area contributed by atoms with Crippen LogP contribution in [-0.4, -0.2) is 8.80 Å². The van der Waals surface area contributed by atoms with Gasteiger partial charge in [-0.2, -0.15) is 0 Å². The van der Waals surface area contributed by atoms with E-state index < -0.39 is 0 Å². The highest BCUT2D eigenvalue weighted by Gasteiger charge is 2.27. The van der Waals surface area contributed by atoms with Crippen molar-refractivity contribution < 1.29 is 0 Å². The second kappa shape index (κ2) is 18.6. The summed E-state index contributed by atoms with van der Waals surface area (Å²) in [7, 11) is 0. The molecule has 0 radical (unpaired) electrons. The molecule has 0 unspecified atom stereocenters. The molecule has 3 aromatic heterocycles. The quantitative estimate of drug-likeness (QED) is 0.134. The molecule has 8 aromatic carbocycles. The number of hydrogen-bond donors (Lipinski definition) is 0. The molecule has 4 aliphatic rings. The fourth-order valence-electron chi connectivity index (χ4n) is 15.6. The van der Waals surface area contributed by atoms with Crippen LogP contribution < -0.4 is 0 Å². The Hall–Kier alpha value is -6.64. The summed E-state index contributed by atoms with van der Waals surface area (Å²) in [5.41, 5.74) is 24.5. The Balaban J connectivity index is 1.00. The molecule has 11 aromatic rings. The lowest BCUT2D eigenvalue weighted by Crippen LogP contribution is -2.04. The van der Waals surface area contributed by atoms with Gasteiger partial charge in [0.15, 0.2) is 0 Å². The van der Waals surface area contributed by atoms with Crippen molar-refractivity contribution in [2.45, 2.75) is 152 Å². The maximum absolute atomic E-state index is 2.68. The van der Waals surface area contributed by atoms with Gasteiger partial charge in [0.1, 0.15) is 0 Å². The molecule has 3 heterocycles. The van der Waals surface area contributed by atoms with E-state index in [9.17, 15) is 0 Å². The first-order valence-corrected chi connectivity index (χ1v) is 29.3. The molecule has 368 valence electrons. The molecule has 0 amide bonds. The predicted molar refractivity (Wildman–Crippen MR) is 315 cm³/mol. The van der Waals surface area contributed by atoms with Gasteiger partial charge in [0.2, 0.25) is 0 Å². The van der Waals surface area contributed by atoms with Crippen LogP contribution in [0.2, 0.25) is 0 Å². The van der Waals surface area contributed by atoms with E-state index in [0.717, 1.165) is 0 Å². The highest BCUT2D eigenvalue weighted by atomic mass is 15.0. The van der Waals surface area contributed by atoms with Crippen molar-refractivity contribution in [3.05, 3.63) is 180 Å². The summed E-state index contributed by atoms with van der Waals surface area (Å²) in [4.78, 5) is 0. The average Bonchev–Trinajstić information content (AvgIpc) is 4.05. The van der Waals surface area contributed by atoms with Crippen LogP contribution in [0.4, 0.5) is 0 Å². The van der Waals surface area contributed by atoms with E-state index in [1.165, 1.54) is 250 Å². The summed E-state index contributed by atoms with van der Waals surface area (Å²) < 4.78 is 5.35. The maximum atomic E-state index is 2.68. The van der Waals surface area contributed by atoms with E-state index in [4.69, 9.17) is 0 Å². The first-order valence-electron chi connectivity index (χ1n) is 29.3. The van der Waals surface area contributed by atoms with Crippen LogP contribution in [0.15, 0.2) is 158 Å². The number of aromatic nitrogens is 2. The highest BCUT2D eigenvalue weighted by molar-refractivity contribution is 6.27. The van der Waals surface area contributed by atoms with Gasteiger partial charge in [-0.3, -0.25) is 0 Å². The third kappa shape index (κ3) is 7.55. The van der Waals surface area contributed by atoms with Crippen molar-refractivity contribution in [2.75, 3.05) is 0 Å². The molecular formula is C72H70N2. The summed E-state index contributed by atoms with van der Waals surface area (Å²) in [6, 6.07) is 63.5. The van der Waals surface area contributed by atoms with E-state index >= 15 is 0 Å². The SMILES string of the molecule is c1cc(-c2ccc3c(c2)c2c(-c4cccc(C5CCCCC5)c4)ccc4c2n3c2ccc(-c3cccc(C5CCCCC5)c3)c3c5cc(-c6cccc(C7CCCCC7)c6)ccc5n4c32)cc(C2CCCCC2)c1. The minimum absolute atomic E-state index is 0.644. The summed E-state index contributed by atoms with van der Waals surface area (Å²) in [5, 5.41) is 5.41. The van der Waals surface area contributed by atoms with Gasteiger partial charge in [-0.1, -0.05) is 198 Å². The largest absolute Gasteiger partial charge is 0.305 e. The summed E-state index contributed by atoms with van der Waals surface area (Å²) >= 11 is 0. The van der Waals surface area contributed by atoms with Gasteiger partial charge in [0.05, 0.1) is 33.1 Å². The topological polar surface area (TPSA) is 8.82 Å². The van der Waals surface area contributed by atoms with E-state index in [1.807, 2.05) is 0 Å². The van der Waals surface area contributed by atoms with Crippen LogP contribution in [0.5, 0.6) is 0 Å². The van der Waals surface area contributed by atoms with E-state index in [-0.39, 0.29) is 0 Å². The minimum Gasteiger partial charge on any atom is -0.305 e. The van der Waals surface area contributed by atoms with E-state index in [0.29, 0.717) is 23.7 Å². The van der Waals surface area contributed by atoms with Crippen LogP contribution in [0.3, 0.4) is 0 Å². The van der Waals surface area contributed by atoms with Crippen LogP contribution in [0, 0.1) is 0 Å². The summed E-state index contributed by atoms with van der Waals surface area (Å²) in [5.74, 6) is 2.62. The van der Waals surface area contributed by atoms with Crippen molar-refractivity contribution in [3.8, 4) is 44.5 Å². The zero-order valence-electron chi connectivity index (χ0n) is 43.4. The van der Waals surface area contributed by atoms with Gasteiger partial charge in [0.25, 0.3) is 0 Å². The molecule has 4 aliphatic carbocycles. The molecule has 0 saturated heterocycles. The van der Waals surface area contributed by atoms with Gasteiger partial charge in [-0.05, 0) is 178 Å². The van der Waals surface area contributed by atoms with Gasteiger partial charge >= 0.3 is 0 Å². The smallest absolute Gasteiger partial charge is 0.0789 e. The highest BCUT2D eigenvalue weighted by Crippen LogP contribution is 2.49. The number of nitrogens with zero attached hydrogens (tertiary/aromatic N) is 2. The summed E-state index contributed by atoms with van der Waals surface area (Å²) in [6.07, 6.45) is 26.7. The molecule has 0 aliphatic heterocycles. The van der Waals surface area contributed by atoms with E-state index in [1.54, 1.807) is 0 Å². The minimum atomic E-state index is 0.644. The Morgan fingerprint density at radius 1 is 0.257 bits per heavy atom. The molecular weight excluding hydrogens is 893 g/mol. The van der Waals surface area contributed by atoms with Crippen molar-refractivity contribution >= 4 is 54.6 Å². The lowest BCUT2D eigenvalue weighted by atomic mass is 9.83. The van der Waals surface area contributed by atoms with Crippen LogP contribution in [0.25, 0.3) is 99.2 Å². The number of hydrogen-bond acceptors (Lipinski definition) is 0. The Labute approximate surface area is 437 Å². The molecule has 2 heteroatoms. The van der Waals surface area contributed by atoms with Crippen molar-refractivity contribution in [1.29, 1.82) is 0 Å². The average molecular weight is 963 g/mol. The van der Waals surface area contributed by atoms with Crippen molar-refractivity contribution in [2.24, 2.45) is 0 Å².